The molecule has 42 heavy (non-hydrogen) atoms. The first-order valence-electron chi connectivity index (χ1n) is 14.9. The van der Waals surface area contributed by atoms with E-state index in [1.54, 1.807) is 12.4 Å². The van der Waals surface area contributed by atoms with Crippen LogP contribution in [-0.2, 0) is 29.0 Å². The van der Waals surface area contributed by atoms with E-state index in [0.29, 0.717) is 31.9 Å². The minimum absolute atomic E-state index is 0.199. The van der Waals surface area contributed by atoms with Crippen molar-refractivity contribution in [3.05, 3.63) is 108 Å². The third-order valence-corrected chi connectivity index (χ3v) is 7.20. The maximum atomic E-state index is 13.8. The average Bonchev–Trinajstić information content (AvgIpc) is 2.99. The molecular formula is C35H44N4O3. The van der Waals surface area contributed by atoms with E-state index in [4.69, 9.17) is 4.74 Å². The predicted molar refractivity (Wildman–Crippen MR) is 167 cm³/mol. The summed E-state index contributed by atoms with van der Waals surface area (Å²) in [5, 5.41) is 9.61. The molecule has 222 valence electrons. The van der Waals surface area contributed by atoms with Gasteiger partial charge in [0.15, 0.2) is 0 Å². The molecule has 0 saturated heterocycles. The van der Waals surface area contributed by atoms with Crippen LogP contribution in [-0.4, -0.2) is 41.0 Å². The number of aromatic nitrogens is 1. The summed E-state index contributed by atoms with van der Waals surface area (Å²) in [6.07, 6.45) is 12.2. The van der Waals surface area contributed by atoms with E-state index in [2.05, 4.69) is 33.1 Å². The SMILES string of the molecule is CC(C)(C)NC(=O)C(Cc1ccc(OCc2ccccc2)cc1)NC(=O)C(Cc1cccnc1)NCC1C=CCCC1. The van der Waals surface area contributed by atoms with Crippen LogP contribution in [0.25, 0.3) is 0 Å². The van der Waals surface area contributed by atoms with Gasteiger partial charge in [0.25, 0.3) is 0 Å². The largest absolute Gasteiger partial charge is 0.489 e. The molecule has 4 rings (SSSR count). The third-order valence-electron chi connectivity index (χ3n) is 7.20. The highest BCUT2D eigenvalue weighted by Crippen LogP contribution is 2.18. The standard InChI is InChI=1S/C35H44N4O3/c1-35(2,3)39-34(41)32(21-26-16-18-30(19-17-26)42-25-28-13-8-5-9-14-28)38-33(40)31(22-29-15-10-20-36-23-29)37-24-27-11-6-4-7-12-27/h5-6,8-11,13-20,23,27,31-32,37H,4,7,12,21-22,24-25H2,1-3H3,(H,38,40)(H,39,41). The number of amides is 2. The second-order valence-corrected chi connectivity index (χ2v) is 12.1. The van der Waals surface area contributed by atoms with Crippen molar-refractivity contribution >= 4 is 11.8 Å². The summed E-state index contributed by atoms with van der Waals surface area (Å²) < 4.78 is 5.93. The van der Waals surface area contributed by atoms with E-state index in [9.17, 15) is 9.59 Å². The lowest BCUT2D eigenvalue weighted by atomic mass is 9.95. The molecule has 3 N–H and O–H groups in total. The summed E-state index contributed by atoms with van der Waals surface area (Å²) in [7, 11) is 0. The van der Waals surface area contributed by atoms with Crippen molar-refractivity contribution in [1.29, 1.82) is 0 Å². The first-order chi connectivity index (χ1) is 20.2. The molecule has 3 unspecified atom stereocenters. The van der Waals surface area contributed by atoms with Gasteiger partial charge in [-0.05, 0) is 87.3 Å². The van der Waals surface area contributed by atoms with E-state index in [-0.39, 0.29) is 11.8 Å². The predicted octanol–water partition coefficient (Wildman–Crippen LogP) is 5.16. The van der Waals surface area contributed by atoms with Crippen LogP contribution in [0.4, 0.5) is 0 Å². The van der Waals surface area contributed by atoms with E-state index < -0.39 is 17.6 Å². The highest BCUT2D eigenvalue weighted by Gasteiger charge is 2.28. The fraction of sp³-hybridized carbons (Fsp3) is 0.400. The number of hydrogen-bond donors (Lipinski definition) is 3. The number of hydrogen-bond acceptors (Lipinski definition) is 5. The van der Waals surface area contributed by atoms with Crippen LogP contribution in [0.2, 0.25) is 0 Å². The Balaban J connectivity index is 1.45. The van der Waals surface area contributed by atoms with Gasteiger partial charge in [-0.15, -0.1) is 0 Å². The van der Waals surface area contributed by atoms with Gasteiger partial charge in [0, 0.05) is 30.9 Å². The van der Waals surface area contributed by atoms with Gasteiger partial charge in [0.1, 0.15) is 18.4 Å². The van der Waals surface area contributed by atoms with Crippen molar-refractivity contribution in [1.82, 2.24) is 20.9 Å². The maximum Gasteiger partial charge on any atom is 0.243 e. The Morgan fingerprint density at radius 3 is 2.31 bits per heavy atom. The van der Waals surface area contributed by atoms with Gasteiger partial charge in [0.05, 0.1) is 6.04 Å². The maximum absolute atomic E-state index is 13.8. The van der Waals surface area contributed by atoms with Crippen LogP contribution in [0.5, 0.6) is 5.75 Å². The number of nitrogens with one attached hydrogen (secondary N) is 3. The van der Waals surface area contributed by atoms with Crippen LogP contribution in [0.3, 0.4) is 0 Å². The van der Waals surface area contributed by atoms with Gasteiger partial charge < -0.3 is 20.7 Å². The van der Waals surface area contributed by atoms with Crippen LogP contribution in [0, 0.1) is 5.92 Å². The lowest BCUT2D eigenvalue weighted by molar-refractivity contribution is -0.130. The summed E-state index contributed by atoms with van der Waals surface area (Å²) >= 11 is 0. The molecular weight excluding hydrogens is 524 g/mol. The van der Waals surface area contributed by atoms with Crippen molar-refractivity contribution in [2.45, 2.75) is 77.1 Å². The average molecular weight is 569 g/mol. The Kier molecular flexibility index (Phi) is 11.3. The molecule has 0 aliphatic heterocycles. The number of pyridine rings is 1. The number of rotatable bonds is 13. The monoisotopic (exact) mass is 568 g/mol. The minimum atomic E-state index is -0.736. The Hall–Kier alpha value is -3.97. The summed E-state index contributed by atoms with van der Waals surface area (Å²) in [6.45, 7) is 7.00. The number of ether oxygens (including phenoxy) is 1. The van der Waals surface area contributed by atoms with Crippen LogP contribution in [0.15, 0.2) is 91.3 Å². The molecule has 7 nitrogen and oxygen atoms in total. The molecule has 0 saturated carbocycles. The van der Waals surface area contributed by atoms with E-state index in [1.807, 2.05) is 87.5 Å². The minimum Gasteiger partial charge on any atom is -0.489 e. The second kappa shape index (κ2) is 15.3. The molecule has 1 heterocycles. The number of nitrogens with zero attached hydrogens (tertiary/aromatic N) is 1. The molecule has 3 atom stereocenters. The van der Waals surface area contributed by atoms with E-state index in [1.165, 1.54) is 0 Å². The molecule has 1 aliphatic rings. The quantitative estimate of drug-likeness (QED) is 0.248. The first kappa shape index (κ1) is 31.0. The molecule has 1 aliphatic carbocycles. The summed E-state index contributed by atoms with van der Waals surface area (Å²) in [4.78, 5) is 31.4. The zero-order valence-electron chi connectivity index (χ0n) is 25.0. The first-order valence-corrected chi connectivity index (χ1v) is 14.9. The van der Waals surface area contributed by atoms with Gasteiger partial charge in [-0.2, -0.15) is 0 Å². The normalized spacial score (nSPS) is 16.3. The zero-order chi connectivity index (χ0) is 29.8. The Bertz CT molecular complexity index is 1290. The molecule has 7 heteroatoms. The van der Waals surface area contributed by atoms with Crippen molar-refractivity contribution in [2.24, 2.45) is 5.92 Å². The Labute approximate surface area is 250 Å². The summed E-state index contributed by atoms with van der Waals surface area (Å²) in [5.41, 5.74) is 2.55. The fourth-order valence-electron chi connectivity index (χ4n) is 5.00. The lowest BCUT2D eigenvalue weighted by Gasteiger charge is -2.28. The fourth-order valence-corrected chi connectivity index (χ4v) is 5.00. The van der Waals surface area contributed by atoms with Gasteiger partial charge in [0.2, 0.25) is 11.8 Å². The molecule has 0 bridgehead atoms. The van der Waals surface area contributed by atoms with E-state index in [0.717, 1.165) is 41.7 Å². The van der Waals surface area contributed by atoms with Gasteiger partial charge >= 0.3 is 0 Å². The van der Waals surface area contributed by atoms with Crippen molar-refractivity contribution in [2.75, 3.05) is 6.54 Å². The number of benzene rings is 2. The smallest absolute Gasteiger partial charge is 0.243 e. The molecule has 0 spiro atoms. The highest BCUT2D eigenvalue weighted by molar-refractivity contribution is 5.90. The van der Waals surface area contributed by atoms with Gasteiger partial charge in [-0.25, -0.2) is 0 Å². The summed E-state index contributed by atoms with van der Waals surface area (Å²) in [6, 6.07) is 20.3. The highest BCUT2D eigenvalue weighted by atomic mass is 16.5. The van der Waals surface area contributed by atoms with Gasteiger partial charge in [-0.3, -0.25) is 14.6 Å². The number of allylic oxidation sites excluding steroid dienone is 1. The van der Waals surface area contributed by atoms with Crippen LogP contribution >= 0.6 is 0 Å². The zero-order valence-corrected chi connectivity index (χ0v) is 25.0. The van der Waals surface area contributed by atoms with Crippen molar-refractivity contribution < 1.29 is 14.3 Å². The molecule has 0 fully saturated rings. The Morgan fingerprint density at radius 1 is 0.905 bits per heavy atom. The van der Waals surface area contributed by atoms with Crippen molar-refractivity contribution in [3.63, 3.8) is 0 Å². The van der Waals surface area contributed by atoms with Crippen LogP contribution < -0.4 is 20.7 Å². The van der Waals surface area contributed by atoms with Gasteiger partial charge in [-0.1, -0.05) is 60.7 Å². The number of carbonyl (C=O) groups is 2. The topological polar surface area (TPSA) is 92.4 Å². The van der Waals surface area contributed by atoms with Crippen LogP contribution in [0.1, 0.15) is 56.7 Å². The number of carbonyl (C=O) groups excluding carboxylic acids is 2. The Morgan fingerprint density at radius 2 is 1.64 bits per heavy atom. The van der Waals surface area contributed by atoms with E-state index >= 15 is 0 Å². The molecule has 3 aromatic rings. The summed E-state index contributed by atoms with van der Waals surface area (Å²) in [5.74, 6) is 0.733. The van der Waals surface area contributed by atoms with Crippen molar-refractivity contribution in [3.8, 4) is 5.75 Å². The molecule has 0 radical (unpaired) electrons. The lowest BCUT2D eigenvalue weighted by Crippen LogP contribution is -2.57. The second-order valence-electron chi connectivity index (χ2n) is 12.1. The molecule has 2 amide bonds. The molecule has 1 aromatic heterocycles. The third kappa shape index (κ3) is 10.5. The molecule has 2 aromatic carbocycles.